The number of allylic oxidation sites excluding steroid dienone is 5. The highest BCUT2D eigenvalue weighted by molar-refractivity contribution is 5.20. The van der Waals surface area contributed by atoms with Crippen LogP contribution in [-0.2, 0) is 0 Å². The van der Waals surface area contributed by atoms with Crippen molar-refractivity contribution >= 4 is 0 Å². The van der Waals surface area contributed by atoms with Crippen molar-refractivity contribution in [3.05, 3.63) is 36.5 Å². The van der Waals surface area contributed by atoms with Crippen LogP contribution in [-0.4, -0.2) is 0 Å². The van der Waals surface area contributed by atoms with Crippen LogP contribution in [0.15, 0.2) is 36.5 Å². The summed E-state index contributed by atoms with van der Waals surface area (Å²) >= 11 is 0. The van der Waals surface area contributed by atoms with Gasteiger partial charge in [0.05, 0.1) is 0 Å². The molecule has 0 aliphatic carbocycles. The molecule has 0 spiro atoms. The van der Waals surface area contributed by atoms with E-state index in [1.807, 2.05) is 12.2 Å². The van der Waals surface area contributed by atoms with E-state index in [4.69, 9.17) is 0 Å². The number of unbranched alkanes of at least 4 members (excludes halogenated alkanes) is 1. The first-order valence-corrected chi connectivity index (χ1v) is 7.22. The first-order chi connectivity index (χ1) is 8.28. The van der Waals surface area contributed by atoms with Crippen LogP contribution < -0.4 is 0 Å². The van der Waals surface area contributed by atoms with Gasteiger partial charge in [-0.15, -0.1) is 0 Å². The largest absolute Gasteiger partial charge is 0.0991 e. The maximum Gasteiger partial charge on any atom is -0.0282 e. The van der Waals surface area contributed by atoms with Gasteiger partial charge in [0.2, 0.25) is 0 Å². The molecule has 1 unspecified atom stereocenters. The fourth-order valence-corrected chi connectivity index (χ4v) is 2.24. The van der Waals surface area contributed by atoms with Gasteiger partial charge in [-0.3, -0.25) is 0 Å². The van der Waals surface area contributed by atoms with E-state index in [1.54, 1.807) is 0 Å². The van der Waals surface area contributed by atoms with Crippen molar-refractivity contribution in [2.75, 3.05) is 0 Å². The predicted octanol–water partition coefficient (Wildman–Crippen LogP) is 6.06. The zero-order valence-corrected chi connectivity index (χ0v) is 12.0. The Balaban J connectivity index is 3.74. The lowest BCUT2D eigenvalue weighted by atomic mass is 9.93. The Morgan fingerprint density at radius 1 is 1.18 bits per heavy atom. The monoisotopic (exact) mass is 234 g/mol. The van der Waals surface area contributed by atoms with E-state index in [1.165, 1.54) is 50.5 Å². The van der Waals surface area contributed by atoms with Crippen molar-refractivity contribution in [3.63, 3.8) is 0 Å². The Bertz CT molecular complexity index is 232. The van der Waals surface area contributed by atoms with Gasteiger partial charge in [0, 0.05) is 0 Å². The van der Waals surface area contributed by atoms with E-state index in [2.05, 4.69) is 39.5 Å². The molecule has 0 heterocycles. The normalized spacial score (nSPS) is 14.2. The molecule has 0 aromatic rings. The molecule has 0 bridgehead atoms. The smallest absolute Gasteiger partial charge is 0.0282 e. The summed E-state index contributed by atoms with van der Waals surface area (Å²) in [4.78, 5) is 0. The van der Waals surface area contributed by atoms with Gasteiger partial charge in [-0.25, -0.2) is 0 Å². The van der Waals surface area contributed by atoms with Gasteiger partial charge in [-0.2, -0.15) is 0 Å². The Morgan fingerprint density at radius 2 is 1.94 bits per heavy atom. The molecule has 0 fully saturated rings. The average Bonchev–Trinajstić information content (AvgIpc) is 2.36. The van der Waals surface area contributed by atoms with Crippen LogP contribution in [0.3, 0.4) is 0 Å². The van der Waals surface area contributed by atoms with Crippen molar-refractivity contribution in [1.82, 2.24) is 0 Å². The van der Waals surface area contributed by atoms with E-state index < -0.39 is 0 Å². The minimum atomic E-state index is 0.956. The van der Waals surface area contributed by atoms with Crippen LogP contribution in [0.4, 0.5) is 0 Å². The molecular weight excluding hydrogens is 204 g/mol. The first kappa shape index (κ1) is 16.2. The van der Waals surface area contributed by atoms with Crippen molar-refractivity contribution in [2.45, 2.75) is 65.7 Å². The summed E-state index contributed by atoms with van der Waals surface area (Å²) in [5.41, 5.74) is 1.44. The Hall–Kier alpha value is -0.780. The minimum Gasteiger partial charge on any atom is -0.0991 e. The average molecular weight is 234 g/mol. The van der Waals surface area contributed by atoms with Crippen molar-refractivity contribution < 1.29 is 0 Å². The van der Waals surface area contributed by atoms with Crippen LogP contribution in [0, 0.1) is 5.92 Å². The predicted molar refractivity (Wildman–Crippen MR) is 80.3 cm³/mol. The number of hydrogen-bond acceptors (Lipinski definition) is 0. The standard InChI is InChI=1S/C17H30/c1-5-9-13-17(8-4)15-11-10-14-16(7-3)12-6-2/h5,8-9,13,16H,1,6-7,10-12,14-15H2,2-4H3/b13-9-,17-8+. The lowest BCUT2D eigenvalue weighted by molar-refractivity contribution is 0.414. The summed E-state index contributed by atoms with van der Waals surface area (Å²) in [5.74, 6) is 0.956. The van der Waals surface area contributed by atoms with E-state index in [0.717, 1.165) is 5.92 Å². The molecule has 0 aromatic heterocycles. The van der Waals surface area contributed by atoms with E-state index >= 15 is 0 Å². The van der Waals surface area contributed by atoms with Crippen molar-refractivity contribution in [3.8, 4) is 0 Å². The molecular formula is C17H30. The third-order valence-electron chi connectivity index (χ3n) is 3.42. The molecule has 0 N–H and O–H groups in total. The Labute approximate surface area is 109 Å². The lowest BCUT2D eigenvalue weighted by Crippen LogP contribution is -1.98. The van der Waals surface area contributed by atoms with E-state index in [9.17, 15) is 0 Å². The highest BCUT2D eigenvalue weighted by atomic mass is 14.1. The molecule has 0 nitrogen and oxygen atoms in total. The summed E-state index contributed by atoms with van der Waals surface area (Å²) in [7, 11) is 0. The fourth-order valence-electron chi connectivity index (χ4n) is 2.24. The van der Waals surface area contributed by atoms with E-state index in [-0.39, 0.29) is 0 Å². The van der Waals surface area contributed by atoms with Gasteiger partial charge in [0.15, 0.2) is 0 Å². The maximum atomic E-state index is 3.70. The molecule has 0 aliphatic rings. The maximum absolute atomic E-state index is 3.70. The molecule has 17 heavy (non-hydrogen) atoms. The van der Waals surface area contributed by atoms with Crippen LogP contribution in [0.5, 0.6) is 0 Å². The minimum absolute atomic E-state index is 0.956. The van der Waals surface area contributed by atoms with Crippen LogP contribution in [0.1, 0.15) is 65.7 Å². The molecule has 0 saturated carbocycles. The molecule has 0 amide bonds. The van der Waals surface area contributed by atoms with E-state index in [0.29, 0.717) is 0 Å². The molecule has 0 radical (unpaired) electrons. The van der Waals surface area contributed by atoms with Crippen LogP contribution in [0.25, 0.3) is 0 Å². The van der Waals surface area contributed by atoms with Gasteiger partial charge in [0.1, 0.15) is 0 Å². The molecule has 0 heteroatoms. The molecule has 0 rings (SSSR count). The third kappa shape index (κ3) is 8.97. The molecule has 0 saturated heterocycles. The molecule has 0 aromatic carbocycles. The van der Waals surface area contributed by atoms with Crippen molar-refractivity contribution in [1.29, 1.82) is 0 Å². The van der Waals surface area contributed by atoms with Crippen LogP contribution >= 0.6 is 0 Å². The zero-order valence-electron chi connectivity index (χ0n) is 12.0. The fraction of sp³-hybridized carbons (Fsp3) is 0.647. The Kier molecular flexibility index (Phi) is 11.2. The van der Waals surface area contributed by atoms with Gasteiger partial charge in [-0.05, 0) is 25.7 Å². The highest BCUT2D eigenvalue weighted by Gasteiger charge is 2.04. The lowest BCUT2D eigenvalue weighted by Gasteiger charge is -2.13. The summed E-state index contributed by atoms with van der Waals surface area (Å²) in [5, 5.41) is 0. The SMILES string of the molecule is C=C/C=C\C(=C/C)CCCCC(CC)CCC. The Morgan fingerprint density at radius 3 is 2.47 bits per heavy atom. The van der Waals surface area contributed by atoms with Gasteiger partial charge in [0.25, 0.3) is 0 Å². The molecule has 0 aliphatic heterocycles. The molecule has 98 valence electrons. The second kappa shape index (κ2) is 11.7. The number of hydrogen-bond donors (Lipinski definition) is 0. The van der Waals surface area contributed by atoms with Gasteiger partial charge >= 0.3 is 0 Å². The summed E-state index contributed by atoms with van der Waals surface area (Å²) in [6.45, 7) is 10.4. The topological polar surface area (TPSA) is 0 Å². The quantitative estimate of drug-likeness (QED) is 0.318. The molecule has 1 atom stereocenters. The summed E-state index contributed by atoms with van der Waals surface area (Å²) in [6.07, 6.45) is 17.7. The van der Waals surface area contributed by atoms with Crippen LogP contribution in [0.2, 0.25) is 0 Å². The second-order valence-corrected chi connectivity index (χ2v) is 4.77. The zero-order chi connectivity index (χ0) is 12.9. The van der Waals surface area contributed by atoms with Gasteiger partial charge in [-0.1, -0.05) is 82.4 Å². The van der Waals surface area contributed by atoms with Crippen molar-refractivity contribution in [2.24, 2.45) is 5.92 Å². The third-order valence-corrected chi connectivity index (χ3v) is 3.42. The van der Waals surface area contributed by atoms with Gasteiger partial charge < -0.3 is 0 Å². The second-order valence-electron chi connectivity index (χ2n) is 4.77. The summed E-state index contributed by atoms with van der Waals surface area (Å²) in [6, 6.07) is 0. The highest BCUT2D eigenvalue weighted by Crippen LogP contribution is 2.20. The summed E-state index contributed by atoms with van der Waals surface area (Å²) < 4.78 is 0. The number of rotatable bonds is 10. The first-order valence-electron chi connectivity index (χ1n) is 7.22.